The van der Waals surface area contributed by atoms with Gasteiger partial charge < -0.3 is 5.11 Å². The molecule has 1 aliphatic heterocycles. The predicted molar refractivity (Wildman–Crippen MR) is 58.2 cm³/mol. The smallest absolute Gasteiger partial charge is 0.0459 e. The van der Waals surface area contributed by atoms with E-state index < -0.39 is 0 Å². The van der Waals surface area contributed by atoms with Crippen molar-refractivity contribution in [1.82, 2.24) is 4.90 Å². The number of rotatable bonds is 2. The molecule has 1 N–H and O–H groups in total. The molecular formula is C12H23NO. The summed E-state index contributed by atoms with van der Waals surface area (Å²) in [4.78, 5) is 2.63. The average molecular weight is 197 g/mol. The molecule has 2 rings (SSSR count). The van der Waals surface area contributed by atoms with Crippen LogP contribution in [0.4, 0.5) is 0 Å². The Morgan fingerprint density at radius 3 is 2.14 bits per heavy atom. The van der Waals surface area contributed by atoms with Gasteiger partial charge in [-0.15, -0.1) is 0 Å². The van der Waals surface area contributed by atoms with Crippen LogP contribution in [0.15, 0.2) is 0 Å². The van der Waals surface area contributed by atoms with Crippen LogP contribution in [0.3, 0.4) is 0 Å². The molecule has 1 saturated carbocycles. The molecular weight excluding hydrogens is 174 g/mol. The van der Waals surface area contributed by atoms with E-state index in [-0.39, 0.29) is 0 Å². The van der Waals surface area contributed by atoms with E-state index in [0.29, 0.717) is 17.9 Å². The molecule has 0 amide bonds. The number of hydrogen-bond acceptors (Lipinski definition) is 2. The number of aliphatic hydroxyl groups excluding tert-OH is 1. The molecule has 0 radical (unpaired) electrons. The van der Waals surface area contributed by atoms with Gasteiger partial charge in [-0.3, -0.25) is 4.90 Å². The van der Waals surface area contributed by atoms with Crippen molar-refractivity contribution in [2.45, 2.75) is 45.6 Å². The zero-order valence-electron chi connectivity index (χ0n) is 9.50. The summed E-state index contributed by atoms with van der Waals surface area (Å²) in [7, 11) is 0. The third kappa shape index (κ3) is 2.12. The molecule has 2 aliphatic rings. The number of likely N-dealkylation sites (tertiary alicyclic amines) is 1. The first-order valence-corrected chi connectivity index (χ1v) is 5.96. The highest BCUT2D eigenvalue weighted by atomic mass is 16.3. The highest BCUT2D eigenvalue weighted by Crippen LogP contribution is 2.36. The minimum Gasteiger partial charge on any atom is -0.396 e. The van der Waals surface area contributed by atoms with E-state index in [0.717, 1.165) is 6.04 Å². The molecule has 82 valence electrons. The molecule has 0 unspecified atom stereocenters. The van der Waals surface area contributed by atoms with Crippen LogP contribution < -0.4 is 0 Å². The van der Waals surface area contributed by atoms with Gasteiger partial charge in [0.2, 0.25) is 0 Å². The number of hydrogen-bond donors (Lipinski definition) is 1. The predicted octanol–water partition coefficient (Wildman–Crippen LogP) is 1.88. The van der Waals surface area contributed by atoms with Crippen molar-refractivity contribution in [3.8, 4) is 0 Å². The molecule has 2 fully saturated rings. The van der Waals surface area contributed by atoms with E-state index in [1.54, 1.807) is 0 Å². The van der Waals surface area contributed by atoms with Gasteiger partial charge in [-0.25, -0.2) is 0 Å². The van der Waals surface area contributed by atoms with Crippen molar-refractivity contribution in [2.75, 3.05) is 19.7 Å². The van der Waals surface area contributed by atoms with Crippen LogP contribution in [0.2, 0.25) is 0 Å². The monoisotopic (exact) mass is 197 g/mol. The first-order chi connectivity index (χ1) is 6.61. The minimum atomic E-state index is 0.401. The van der Waals surface area contributed by atoms with E-state index in [9.17, 15) is 0 Å². The Kier molecular flexibility index (Phi) is 2.85. The molecule has 0 aromatic heterocycles. The largest absolute Gasteiger partial charge is 0.396 e. The van der Waals surface area contributed by atoms with E-state index >= 15 is 0 Å². The van der Waals surface area contributed by atoms with Crippen molar-refractivity contribution in [3.63, 3.8) is 0 Å². The first kappa shape index (κ1) is 10.4. The highest BCUT2D eigenvalue weighted by molar-refractivity contribution is 4.93. The van der Waals surface area contributed by atoms with Crippen LogP contribution in [0, 0.1) is 11.3 Å². The average Bonchev–Trinajstić information content (AvgIpc) is 2.14. The van der Waals surface area contributed by atoms with E-state index in [2.05, 4.69) is 18.7 Å². The Balaban J connectivity index is 1.74. The molecule has 0 spiro atoms. The van der Waals surface area contributed by atoms with Crippen molar-refractivity contribution in [3.05, 3.63) is 0 Å². The van der Waals surface area contributed by atoms with Crippen molar-refractivity contribution >= 4 is 0 Å². The lowest BCUT2D eigenvalue weighted by Crippen LogP contribution is -2.57. The van der Waals surface area contributed by atoms with E-state index in [1.807, 2.05) is 0 Å². The molecule has 14 heavy (non-hydrogen) atoms. The summed E-state index contributed by atoms with van der Waals surface area (Å²) in [6.45, 7) is 7.66. The number of nitrogens with zero attached hydrogens (tertiary/aromatic N) is 1. The third-order valence-electron chi connectivity index (χ3n) is 3.85. The lowest BCUT2D eigenvalue weighted by molar-refractivity contribution is -0.0248. The summed E-state index contributed by atoms with van der Waals surface area (Å²) in [6.07, 6.45) is 5.08. The maximum atomic E-state index is 9.06. The molecule has 0 bridgehead atoms. The van der Waals surface area contributed by atoms with Crippen LogP contribution >= 0.6 is 0 Å². The van der Waals surface area contributed by atoms with Crippen LogP contribution in [-0.4, -0.2) is 35.7 Å². The fourth-order valence-electron chi connectivity index (χ4n) is 3.00. The molecule has 0 aromatic carbocycles. The van der Waals surface area contributed by atoms with Gasteiger partial charge in [-0.05, 0) is 37.0 Å². The molecule has 2 nitrogen and oxygen atoms in total. The van der Waals surface area contributed by atoms with Crippen LogP contribution in [0.25, 0.3) is 0 Å². The first-order valence-electron chi connectivity index (χ1n) is 5.96. The summed E-state index contributed by atoms with van der Waals surface area (Å²) in [5.41, 5.74) is 0.563. The Bertz CT molecular complexity index is 186. The molecule has 2 heteroatoms. The van der Waals surface area contributed by atoms with Gasteiger partial charge in [0.05, 0.1) is 0 Å². The zero-order chi connectivity index (χ0) is 10.2. The van der Waals surface area contributed by atoms with Gasteiger partial charge in [0.1, 0.15) is 0 Å². The maximum absolute atomic E-state index is 9.06. The minimum absolute atomic E-state index is 0.401. The van der Waals surface area contributed by atoms with Crippen LogP contribution in [-0.2, 0) is 0 Å². The standard InChI is InChI=1S/C12H23NO/c1-12(2)8-13(9-12)11-5-3-10(7-14)4-6-11/h10-11,14H,3-9H2,1-2H3. The molecule has 0 aromatic rings. The van der Waals surface area contributed by atoms with Gasteiger partial charge in [0.15, 0.2) is 0 Å². The molecule has 0 atom stereocenters. The highest BCUT2D eigenvalue weighted by Gasteiger charge is 2.38. The number of aliphatic hydroxyl groups is 1. The van der Waals surface area contributed by atoms with E-state index in [1.165, 1.54) is 38.8 Å². The summed E-state index contributed by atoms with van der Waals surface area (Å²) in [5.74, 6) is 0.598. The van der Waals surface area contributed by atoms with Crippen LogP contribution in [0.5, 0.6) is 0 Å². The summed E-state index contributed by atoms with van der Waals surface area (Å²) in [5, 5.41) is 9.06. The second kappa shape index (κ2) is 3.82. The lowest BCUT2D eigenvalue weighted by Gasteiger charge is -2.51. The van der Waals surface area contributed by atoms with Gasteiger partial charge in [0, 0.05) is 25.7 Å². The third-order valence-corrected chi connectivity index (χ3v) is 3.85. The van der Waals surface area contributed by atoms with Gasteiger partial charge in [-0.2, -0.15) is 0 Å². The summed E-state index contributed by atoms with van der Waals surface area (Å²) in [6, 6.07) is 0.825. The molecule has 1 aliphatic carbocycles. The second-order valence-electron chi connectivity index (χ2n) is 5.93. The maximum Gasteiger partial charge on any atom is 0.0459 e. The second-order valence-corrected chi connectivity index (χ2v) is 5.93. The fraction of sp³-hybridized carbons (Fsp3) is 1.00. The van der Waals surface area contributed by atoms with Crippen LogP contribution in [0.1, 0.15) is 39.5 Å². The Morgan fingerprint density at radius 1 is 1.14 bits per heavy atom. The SMILES string of the molecule is CC1(C)CN(C2CCC(CO)CC2)C1. The Hall–Kier alpha value is -0.0800. The van der Waals surface area contributed by atoms with Crippen molar-refractivity contribution in [1.29, 1.82) is 0 Å². The normalized spacial score (nSPS) is 37.9. The molecule has 1 saturated heterocycles. The fourth-order valence-corrected chi connectivity index (χ4v) is 3.00. The van der Waals surface area contributed by atoms with E-state index in [4.69, 9.17) is 5.11 Å². The van der Waals surface area contributed by atoms with Gasteiger partial charge in [0.25, 0.3) is 0 Å². The summed E-state index contributed by atoms with van der Waals surface area (Å²) >= 11 is 0. The zero-order valence-corrected chi connectivity index (χ0v) is 9.50. The lowest BCUT2D eigenvalue weighted by atomic mass is 9.79. The summed E-state index contributed by atoms with van der Waals surface area (Å²) < 4.78 is 0. The quantitative estimate of drug-likeness (QED) is 0.730. The Morgan fingerprint density at radius 2 is 1.71 bits per heavy atom. The van der Waals surface area contributed by atoms with Crippen molar-refractivity contribution < 1.29 is 5.11 Å². The topological polar surface area (TPSA) is 23.5 Å². The Labute approximate surface area is 87.3 Å². The molecule has 1 heterocycles. The van der Waals surface area contributed by atoms with Gasteiger partial charge in [-0.1, -0.05) is 13.8 Å². The van der Waals surface area contributed by atoms with Crippen molar-refractivity contribution in [2.24, 2.45) is 11.3 Å². The van der Waals surface area contributed by atoms with Gasteiger partial charge >= 0.3 is 0 Å².